The fourth-order valence-electron chi connectivity index (χ4n) is 2.62. The first-order valence-electron chi connectivity index (χ1n) is 5.54. The molecular formula is C11H16O4S. The second kappa shape index (κ2) is 4.20. The Morgan fingerprint density at radius 1 is 1.31 bits per heavy atom. The number of fused-ring (bicyclic) bond motifs is 2. The highest BCUT2D eigenvalue weighted by Crippen LogP contribution is 2.38. The highest BCUT2D eigenvalue weighted by atomic mass is 32.2. The second-order valence-corrected chi connectivity index (χ2v) is 7.01. The zero-order chi connectivity index (χ0) is 11.8. The summed E-state index contributed by atoms with van der Waals surface area (Å²) in [5.74, 6) is -0.382. The molecule has 5 heteroatoms. The summed E-state index contributed by atoms with van der Waals surface area (Å²) in [7, 11) is -1.60. The van der Waals surface area contributed by atoms with E-state index in [-0.39, 0.29) is 16.5 Å². The third-order valence-corrected chi connectivity index (χ3v) is 6.15. The van der Waals surface area contributed by atoms with Gasteiger partial charge in [-0.2, -0.15) is 0 Å². The van der Waals surface area contributed by atoms with Crippen LogP contribution in [0.25, 0.3) is 0 Å². The molecule has 2 unspecified atom stereocenters. The molecule has 0 spiro atoms. The van der Waals surface area contributed by atoms with Crippen LogP contribution in [0, 0.1) is 0 Å². The predicted octanol–water partition coefficient (Wildman–Crippen LogP) is 1.22. The Morgan fingerprint density at radius 3 is 2.38 bits per heavy atom. The maximum Gasteiger partial charge on any atom is 0.330 e. The van der Waals surface area contributed by atoms with Gasteiger partial charge in [-0.1, -0.05) is 12.0 Å². The van der Waals surface area contributed by atoms with Crippen molar-refractivity contribution in [3.63, 3.8) is 0 Å². The van der Waals surface area contributed by atoms with Gasteiger partial charge in [-0.25, -0.2) is 13.2 Å². The van der Waals surface area contributed by atoms with E-state index in [9.17, 15) is 13.2 Å². The van der Waals surface area contributed by atoms with Gasteiger partial charge >= 0.3 is 5.97 Å². The fraction of sp³-hybridized carbons (Fsp3) is 0.727. The lowest BCUT2D eigenvalue weighted by Crippen LogP contribution is -2.41. The monoisotopic (exact) mass is 244 g/mol. The van der Waals surface area contributed by atoms with E-state index in [4.69, 9.17) is 0 Å². The molecule has 2 aliphatic heterocycles. The highest BCUT2D eigenvalue weighted by Gasteiger charge is 2.42. The number of sulfone groups is 1. The summed E-state index contributed by atoms with van der Waals surface area (Å²) in [6.07, 6.45) is 4.93. The van der Waals surface area contributed by atoms with E-state index >= 15 is 0 Å². The first-order chi connectivity index (χ1) is 7.54. The summed E-state index contributed by atoms with van der Waals surface area (Å²) in [6.45, 7) is 0. The third kappa shape index (κ3) is 2.00. The van der Waals surface area contributed by atoms with Crippen LogP contribution in [0.3, 0.4) is 0 Å². The van der Waals surface area contributed by atoms with Gasteiger partial charge in [-0.05, 0) is 25.7 Å². The minimum Gasteiger partial charge on any atom is -0.466 e. The Hall–Kier alpha value is -0.840. The maximum atomic E-state index is 12.0. The van der Waals surface area contributed by atoms with E-state index < -0.39 is 9.84 Å². The molecule has 0 amide bonds. The van der Waals surface area contributed by atoms with E-state index in [1.54, 1.807) is 0 Å². The summed E-state index contributed by atoms with van der Waals surface area (Å²) in [5.41, 5.74) is 0.927. The van der Waals surface area contributed by atoms with Gasteiger partial charge in [0.25, 0.3) is 0 Å². The molecule has 2 saturated heterocycles. The summed E-state index contributed by atoms with van der Waals surface area (Å²) < 4.78 is 28.5. The molecule has 0 N–H and O–H groups in total. The van der Waals surface area contributed by atoms with Crippen molar-refractivity contribution in [3.8, 4) is 0 Å². The van der Waals surface area contributed by atoms with Crippen LogP contribution in [0.2, 0.25) is 0 Å². The van der Waals surface area contributed by atoms with E-state index in [1.807, 2.05) is 0 Å². The normalized spacial score (nSPS) is 31.9. The average Bonchev–Trinajstić information content (AvgIpc) is 2.19. The second-order valence-electron chi connectivity index (χ2n) is 4.50. The summed E-state index contributed by atoms with van der Waals surface area (Å²) in [4.78, 5) is 11.1. The Labute approximate surface area is 95.6 Å². The molecule has 2 atom stereocenters. The minimum atomic E-state index is -2.93. The van der Waals surface area contributed by atoms with E-state index in [0.29, 0.717) is 12.8 Å². The van der Waals surface area contributed by atoms with Crippen molar-refractivity contribution in [2.75, 3.05) is 7.11 Å². The zero-order valence-electron chi connectivity index (χ0n) is 9.31. The number of allylic oxidation sites excluding steroid dienone is 1. The van der Waals surface area contributed by atoms with Gasteiger partial charge in [-0.3, -0.25) is 0 Å². The van der Waals surface area contributed by atoms with Gasteiger partial charge in [0, 0.05) is 6.08 Å². The number of carbonyl (C=O) groups is 1. The smallest absolute Gasteiger partial charge is 0.330 e. The largest absolute Gasteiger partial charge is 0.466 e. The van der Waals surface area contributed by atoms with Crippen LogP contribution < -0.4 is 0 Å². The molecule has 2 bridgehead atoms. The number of hydrogen-bond donors (Lipinski definition) is 0. The number of ether oxygens (including phenoxy) is 1. The predicted molar refractivity (Wildman–Crippen MR) is 59.7 cm³/mol. The van der Waals surface area contributed by atoms with Gasteiger partial charge in [0.2, 0.25) is 0 Å². The summed E-state index contributed by atoms with van der Waals surface area (Å²) in [6, 6.07) is 0. The van der Waals surface area contributed by atoms with Crippen LogP contribution in [0.15, 0.2) is 11.6 Å². The van der Waals surface area contributed by atoms with Gasteiger partial charge in [-0.15, -0.1) is 0 Å². The van der Waals surface area contributed by atoms with Gasteiger partial charge < -0.3 is 4.74 Å². The molecule has 0 aromatic rings. The lowest BCUT2D eigenvalue weighted by molar-refractivity contribution is -0.134. The Bertz CT molecular complexity index is 399. The Morgan fingerprint density at radius 2 is 1.88 bits per heavy atom. The molecule has 2 fully saturated rings. The lowest BCUT2D eigenvalue weighted by Gasteiger charge is -2.35. The molecule has 16 heavy (non-hydrogen) atoms. The highest BCUT2D eigenvalue weighted by molar-refractivity contribution is 7.92. The molecular weight excluding hydrogens is 228 g/mol. The molecule has 0 aromatic carbocycles. The number of hydrogen-bond acceptors (Lipinski definition) is 4. The van der Waals surface area contributed by atoms with Crippen molar-refractivity contribution in [1.29, 1.82) is 0 Å². The van der Waals surface area contributed by atoms with Crippen LogP contribution >= 0.6 is 0 Å². The van der Waals surface area contributed by atoms with Crippen LogP contribution in [-0.4, -0.2) is 32.0 Å². The molecule has 2 rings (SSSR count). The van der Waals surface area contributed by atoms with Crippen molar-refractivity contribution in [2.45, 2.75) is 42.6 Å². The first kappa shape index (κ1) is 11.6. The molecule has 0 aromatic heterocycles. The molecule has 2 aliphatic rings. The van der Waals surface area contributed by atoms with Gasteiger partial charge in [0.05, 0.1) is 17.6 Å². The minimum absolute atomic E-state index is 0.268. The SMILES string of the molecule is COC(=O)C=C1CC2CCCC(C1)S2(=O)=O. The summed E-state index contributed by atoms with van der Waals surface area (Å²) >= 11 is 0. The van der Waals surface area contributed by atoms with E-state index in [2.05, 4.69) is 4.74 Å². The van der Waals surface area contributed by atoms with Crippen LogP contribution in [0.4, 0.5) is 0 Å². The van der Waals surface area contributed by atoms with Crippen molar-refractivity contribution in [3.05, 3.63) is 11.6 Å². The molecule has 4 nitrogen and oxygen atoms in total. The van der Waals surface area contributed by atoms with Gasteiger partial charge in [0.15, 0.2) is 9.84 Å². The number of rotatable bonds is 1. The standard InChI is InChI=1S/C11H16O4S/c1-15-11(12)7-8-5-9-3-2-4-10(6-8)16(9,13)14/h7,9-10H,2-6H2,1H3. The maximum absolute atomic E-state index is 12.0. The lowest BCUT2D eigenvalue weighted by atomic mass is 9.94. The Balaban J connectivity index is 2.21. The molecule has 0 radical (unpaired) electrons. The van der Waals surface area contributed by atoms with Crippen LogP contribution in [0.1, 0.15) is 32.1 Å². The number of methoxy groups -OCH3 is 1. The topological polar surface area (TPSA) is 60.4 Å². The fourth-order valence-corrected chi connectivity index (χ4v) is 5.05. The average molecular weight is 244 g/mol. The molecule has 90 valence electrons. The van der Waals surface area contributed by atoms with Crippen molar-refractivity contribution >= 4 is 15.8 Å². The van der Waals surface area contributed by atoms with Crippen LogP contribution in [0.5, 0.6) is 0 Å². The Kier molecular flexibility index (Phi) is 3.06. The van der Waals surface area contributed by atoms with E-state index in [0.717, 1.165) is 24.8 Å². The van der Waals surface area contributed by atoms with E-state index in [1.165, 1.54) is 13.2 Å². The van der Waals surface area contributed by atoms with Crippen molar-refractivity contribution < 1.29 is 17.9 Å². The number of esters is 1. The van der Waals surface area contributed by atoms with Crippen molar-refractivity contribution in [2.24, 2.45) is 0 Å². The van der Waals surface area contributed by atoms with Crippen LogP contribution in [-0.2, 0) is 19.4 Å². The summed E-state index contributed by atoms with van der Waals surface area (Å²) in [5, 5.41) is -0.535. The zero-order valence-corrected chi connectivity index (χ0v) is 10.1. The molecule has 0 saturated carbocycles. The molecule has 0 aliphatic carbocycles. The third-order valence-electron chi connectivity index (χ3n) is 3.48. The van der Waals surface area contributed by atoms with Crippen molar-refractivity contribution in [1.82, 2.24) is 0 Å². The molecule has 2 heterocycles. The quantitative estimate of drug-likeness (QED) is 0.514. The first-order valence-corrected chi connectivity index (χ1v) is 7.15. The van der Waals surface area contributed by atoms with Gasteiger partial charge in [0.1, 0.15) is 0 Å². The number of carbonyl (C=O) groups excluding carboxylic acids is 1.